The summed E-state index contributed by atoms with van der Waals surface area (Å²) < 4.78 is 6.92. The molecule has 18 heavy (non-hydrogen) atoms. The first-order chi connectivity index (χ1) is 8.55. The maximum atomic E-state index is 9.61. The standard InChI is InChI=1S/C13H11N3O2/c1-3-13(2,17)9-18-11-4-5-12-10(6-14)7-15-16(12)8-11/h1,4-5,7-8,17H,9H2,2H3. The largest absolute Gasteiger partial charge is 0.488 e. The molecule has 5 heteroatoms. The highest BCUT2D eigenvalue weighted by Gasteiger charge is 2.17. The lowest BCUT2D eigenvalue weighted by Gasteiger charge is -2.16. The summed E-state index contributed by atoms with van der Waals surface area (Å²) >= 11 is 0. The number of aromatic nitrogens is 2. The third-order valence-electron chi connectivity index (χ3n) is 2.44. The molecule has 2 rings (SSSR count). The van der Waals surface area contributed by atoms with Gasteiger partial charge < -0.3 is 9.84 Å². The van der Waals surface area contributed by atoms with E-state index in [0.29, 0.717) is 16.8 Å². The van der Waals surface area contributed by atoms with Crippen LogP contribution in [0, 0.1) is 23.7 Å². The molecular formula is C13H11N3O2. The van der Waals surface area contributed by atoms with Crippen molar-refractivity contribution >= 4 is 5.52 Å². The molecule has 0 aliphatic heterocycles. The number of nitriles is 1. The quantitative estimate of drug-likeness (QED) is 0.813. The molecule has 0 radical (unpaired) electrons. The van der Waals surface area contributed by atoms with Gasteiger partial charge in [-0.15, -0.1) is 6.42 Å². The van der Waals surface area contributed by atoms with Crippen molar-refractivity contribution in [3.8, 4) is 24.2 Å². The summed E-state index contributed by atoms with van der Waals surface area (Å²) in [6.07, 6.45) is 8.26. The number of aliphatic hydroxyl groups is 1. The van der Waals surface area contributed by atoms with Crippen LogP contribution in [0.3, 0.4) is 0 Å². The predicted molar refractivity (Wildman–Crippen MR) is 64.9 cm³/mol. The van der Waals surface area contributed by atoms with Crippen molar-refractivity contribution in [1.29, 1.82) is 5.26 Å². The van der Waals surface area contributed by atoms with Gasteiger partial charge in [0.1, 0.15) is 18.4 Å². The summed E-state index contributed by atoms with van der Waals surface area (Å²) in [6, 6.07) is 5.47. The van der Waals surface area contributed by atoms with E-state index < -0.39 is 5.60 Å². The van der Waals surface area contributed by atoms with E-state index in [1.807, 2.05) is 6.07 Å². The van der Waals surface area contributed by atoms with Crippen LogP contribution < -0.4 is 4.74 Å². The van der Waals surface area contributed by atoms with Crippen molar-refractivity contribution in [3.63, 3.8) is 0 Å². The molecule has 2 aromatic heterocycles. The Morgan fingerprint density at radius 2 is 2.39 bits per heavy atom. The molecule has 0 aliphatic rings. The molecule has 2 heterocycles. The number of rotatable bonds is 3. The number of pyridine rings is 1. The van der Waals surface area contributed by atoms with E-state index in [1.165, 1.54) is 13.1 Å². The second kappa shape index (κ2) is 4.40. The van der Waals surface area contributed by atoms with Crippen LogP contribution in [0.15, 0.2) is 24.5 Å². The Balaban J connectivity index is 2.22. The predicted octanol–water partition coefficient (Wildman–Crippen LogP) is 0.969. The zero-order valence-corrected chi connectivity index (χ0v) is 9.79. The van der Waals surface area contributed by atoms with Crippen LogP contribution in [0.2, 0.25) is 0 Å². The second-order valence-corrected chi connectivity index (χ2v) is 4.07. The molecule has 90 valence electrons. The summed E-state index contributed by atoms with van der Waals surface area (Å²) in [7, 11) is 0. The van der Waals surface area contributed by atoms with Crippen LogP contribution in [0.1, 0.15) is 12.5 Å². The third kappa shape index (κ3) is 2.27. The van der Waals surface area contributed by atoms with Gasteiger partial charge in [0.25, 0.3) is 0 Å². The minimum atomic E-state index is -1.31. The average molecular weight is 241 g/mol. The van der Waals surface area contributed by atoms with Gasteiger partial charge in [0.15, 0.2) is 5.60 Å². The number of fused-ring (bicyclic) bond motifs is 1. The smallest absolute Gasteiger partial charge is 0.156 e. The van der Waals surface area contributed by atoms with Crippen LogP contribution in [0.4, 0.5) is 0 Å². The molecule has 5 nitrogen and oxygen atoms in total. The summed E-state index contributed by atoms with van der Waals surface area (Å²) in [5, 5.41) is 22.5. The first kappa shape index (κ1) is 12.0. The van der Waals surface area contributed by atoms with Crippen LogP contribution in [-0.4, -0.2) is 26.9 Å². The molecule has 0 aromatic carbocycles. The van der Waals surface area contributed by atoms with E-state index in [0.717, 1.165) is 0 Å². The summed E-state index contributed by atoms with van der Waals surface area (Å²) in [5.41, 5.74) is -0.109. The highest BCUT2D eigenvalue weighted by atomic mass is 16.5. The van der Waals surface area contributed by atoms with Gasteiger partial charge >= 0.3 is 0 Å². The first-order valence-corrected chi connectivity index (χ1v) is 5.26. The topological polar surface area (TPSA) is 70.5 Å². The number of terminal acetylenes is 1. The van der Waals surface area contributed by atoms with Gasteiger partial charge in [0.05, 0.1) is 23.5 Å². The normalized spacial score (nSPS) is 13.6. The third-order valence-corrected chi connectivity index (χ3v) is 2.44. The lowest BCUT2D eigenvalue weighted by molar-refractivity contribution is 0.0629. The van der Waals surface area contributed by atoms with Crippen LogP contribution in [0.5, 0.6) is 5.75 Å². The zero-order chi connectivity index (χ0) is 13.2. The minimum absolute atomic E-state index is 0.0125. The SMILES string of the molecule is C#CC(C)(O)COc1ccc2c(C#N)cnn2c1. The Morgan fingerprint density at radius 1 is 1.61 bits per heavy atom. The Labute approximate surface area is 104 Å². The van der Waals surface area contributed by atoms with E-state index in [9.17, 15) is 5.11 Å². The molecule has 0 spiro atoms. The van der Waals surface area contributed by atoms with Crippen molar-refractivity contribution in [3.05, 3.63) is 30.1 Å². The van der Waals surface area contributed by atoms with Gasteiger partial charge in [-0.2, -0.15) is 10.4 Å². The Bertz CT molecular complexity index is 659. The van der Waals surface area contributed by atoms with Gasteiger partial charge in [-0.05, 0) is 19.1 Å². The molecule has 2 aromatic rings. The van der Waals surface area contributed by atoms with E-state index >= 15 is 0 Å². The lowest BCUT2D eigenvalue weighted by atomic mass is 10.1. The van der Waals surface area contributed by atoms with E-state index in [4.69, 9.17) is 16.4 Å². The minimum Gasteiger partial charge on any atom is -0.488 e. The van der Waals surface area contributed by atoms with E-state index in [1.54, 1.807) is 22.8 Å². The maximum Gasteiger partial charge on any atom is 0.156 e. The lowest BCUT2D eigenvalue weighted by Crippen LogP contribution is -2.30. The number of ether oxygens (including phenoxy) is 1. The highest BCUT2D eigenvalue weighted by Crippen LogP contribution is 2.17. The summed E-state index contributed by atoms with van der Waals surface area (Å²) in [5.74, 6) is 2.75. The molecule has 1 atom stereocenters. The zero-order valence-electron chi connectivity index (χ0n) is 9.79. The molecule has 0 saturated heterocycles. The van der Waals surface area contributed by atoms with Crippen LogP contribution in [-0.2, 0) is 0 Å². The molecule has 1 unspecified atom stereocenters. The van der Waals surface area contributed by atoms with E-state index in [-0.39, 0.29) is 6.61 Å². The van der Waals surface area contributed by atoms with Crippen LogP contribution >= 0.6 is 0 Å². The first-order valence-electron chi connectivity index (χ1n) is 5.26. The van der Waals surface area contributed by atoms with E-state index in [2.05, 4.69) is 11.0 Å². The molecule has 0 saturated carbocycles. The summed E-state index contributed by atoms with van der Waals surface area (Å²) in [4.78, 5) is 0. The van der Waals surface area contributed by atoms with Gasteiger partial charge in [-0.25, -0.2) is 4.52 Å². The highest BCUT2D eigenvalue weighted by molar-refractivity contribution is 5.60. The number of hydrogen-bond acceptors (Lipinski definition) is 4. The average Bonchev–Trinajstić information content (AvgIpc) is 2.78. The van der Waals surface area contributed by atoms with Crippen LogP contribution in [0.25, 0.3) is 5.52 Å². The van der Waals surface area contributed by atoms with Crippen molar-refractivity contribution in [1.82, 2.24) is 9.61 Å². The van der Waals surface area contributed by atoms with Crippen molar-refractivity contribution in [2.75, 3.05) is 6.61 Å². The molecule has 1 N–H and O–H groups in total. The van der Waals surface area contributed by atoms with Gasteiger partial charge in [-0.1, -0.05) is 5.92 Å². The summed E-state index contributed by atoms with van der Waals surface area (Å²) in [6.45, 7) is 1.48. The fourth-order valence-electron chi connectivity index (χ4n) is 1.40. The Morgan fingerprint density at radius 3 is 3.06 bits per heavy atom. The number of nitrogens with zero attached hydrogens (tertiary/aromatic N) is 3. The fourth-order valence-corrected chi connectivity index (χ4v) is 1.40. The van der Waals surface area contributed by atoms with Gasteiger partial charge in [-0.3, -0.25) is 0 Å². The van der Waals surface area contributed by atoms with Crippen molar-refractivity contribution in [2.24, 2.45) is 0 Å². The second-order valence-electron chi connectivity index (χ2n) is 4.07. The molecular weight excluding hydrogens is 230 g/mol. The van der Waals surface area contributed by atoms with Gasteiger partial charge in [0.2, 0.25) is 0 Å². The maximum absolute atomic E-state index is 9.61. The Kier molecular flexibility index (Phi) is 2.93. The molecule has 0 bridgehead atoms. The number of hydrogen-bond donors (Lipinski definition) is 1. The fraction of sp³-hybridized carbons (Fsp3) is 0.231. The Hall–Kier alpha value is -2.50. The molecule has 0 amide bonds. The van der Waals surface area contributed by atoms with Gasteiger partial charge in [0, 0.05) is 0 Å². The monoisotopic (exact) mass is 241 g/mol. The molecule has 0 fully saturated rings. The van der Waals surface area contributed by atoms with Crippen molar-refractivity contribution in [2.45, 2.75) is 12.5 Å². The van der Waals surface area contributed by atoms with Crippen molar-refractivity contribution < 1.29 is 9.84 Å². The molecule has 0 aliphatic carbocycles.